The Hall–Kier alpha value is -0.650. The van der Waals surface area contributed by atoms with Crippen molar-refractivity contribution in [2.24, 2.45) is 0 Å². The Morgan fingerprint density at radius 1 is 0.900 bits per heavy atom. The first kappa shape index (κ1) is 27.4. The van der Waals surface area contributed by atoms with Gasteiger partial charge in [0, 0.05) is 0 Å². The van der Waals surface area contributed by atoms with E-state index in [1.807, 2.05) is 0 Å². The van der Waals surface area contributed by atoms with Crippen molar-refractivity contribution in [2.75, 3.05) is 7.11 Å². The number of unbranched alkanes of at least 4 members (excludes halogenated alkanes) is 11. The fourth-order valence-electron chi connectivity index (χ4n) is 4.37. The van der Waals surface area contributed by atoms with Crippen molar-refractivity contribution in [3.05, 3.63) is 0 Å². The normalized spacial score (nSPS) is 20.9. The van der Waals surface area contributed by atoms with Crippen LogP contribution in [0.4, 0.5) is 0 Å². The maximum absolute atomic E-state index is 11.2. The Bertz CT molecular complexity index is 414. The zero-order chi connectivity index (χ0) is 22.0. The van der Waals surface area contributed by atoms with Crippen molar-refractivity contribution in [3.8, 4) is 0 Å². The van der Waals surface area contributed by atoms with Crippen LogP contribution in [0.3, 0.4) is 0 Å². The second kappa shape index (κ2) is 18.0. The average molecular weight is 429 g/mol. The minimum atomic E-state index is -0.759. The van der Waals surface area contributed by atoms with Gasteiger partial charge >= 0.3 is 5.97 Å². The van der Waals surface area contributed by atoms with Crippen LogP contribution in [0.25, 0.3) is 0 Å². The molecule has 1 aliphatic heterocycles. The first-order chi connectivity index (χ1) is 14.6. The monoisotopic (exact) mass is 428 g/mol. The molecule has 1 rings (SSSR count). The van der Waals surface area contributed by atoms with Crippen molar-refractivity contribution in [2.45, 2.75) is 147 Å². The van der Waals surface area contributed by atoms with Crippen molar-refractivity contribution in [1.82, 2.24) is 0 Å². The van der Waals surface area contributed by atoms with Gasteiger partial charge < -0.3 is 19.7 Å². The minimum absolute atomic E-state index is 0.0175. The van der Waals surface area contributed by atoms with E-state index < -0.39 is 18.2 Å². The Labute approximate surface area is 184 Å². The summed E-state index contributed by atoms with van der Waals surface area (Å²) >= 11 is 0. The molecule has 0 aromatic carbocycles. The Morgan fingerprint density at radius 2 is 1.47 bits per heavy atom. The third kappa shape index (κ3) is 13.6. The van der Waals surface area contributed by atoms with Gasteiger partial charge in [0.1, 0.15) is 0 Å². The number of esters is 1. The maximum atomic E-state index is 11.2. The summed E-state index contributed by atoms with van der Waals surface area (Å²) in [4.78, 5) is 11.2. The van der Waals surface area contributed by atoms with Gasteiger partial charge in [0.2, 0.25) is 0 Å². The number of hydrogen-bond acceptors (Lipinski definition) is 5. The highest BCUT2D eigenvalue weighted by molar-refractivity contribution is 5.69. The van der Waals surface area contributed by atoms with E-state index in [-0.39, 0.29) is 18.6 Å². The molecule has 178 valence electrons. The first-order valence-electron chi connectivity index (χ1n) is 12.6. The maximum Gasteiger partial charge on any atom is 0.308 e. The molecule has 0 radical (unpaired) electrons. The lowest BCUT2D eigenvalue weighted by Gasteiger charge is -2.20. The van der Waals surface area contributed by atoms with Crippen LogP contribution in [0, 0.1) is 0 Å². The molecular formula is C25H48O5. The van der Waals surface area contributed by atoms with Crippen molar-refractivity contribution in [1.29, 1.82) is 0 Å². The number of carbonyl (C=O) groups is 1. The summed E-state index contributed by atoms with van der Waals surface area (Å²) in [5, 5.41) is 20.1. The van der Waals surface area contributed by atoms with Crippen molar-refractivity contribution >= 4 is 5.97 Å². The zero-order valence-corrected chi connectivity index (χ0v) is 19.7. The van der Waals surface area contributed by atoms with E-state index in [1.54, 1.807) is 0 Å². The highest BCUT2D eigenvalue weighted by Crippen LogP contribution is 2.28. The second-order valence-corrected chi connectivity index (χ2v) is 9.13. The number of aliphatic hydroxyl groups excluding tert-OH is 2. The summed E-state index contributed by atoms with van der Waals surface area (Å²) in [5.74, 6) is -0.420. The lowest BCUT2D eigenvalue weighted by molar-refractivity contribution is -0.143. The van der Waals surface area contributed by atoms with Gasteiger partial charge in [-0.3, -0.25) is 4.79 Å². The van der Waals surface area contributed by atoms with E-state index in [2.05, 4.69) is 11.7 Å². The molecule has 1 heterocycles. The zero-order valence-electron chi connectivity index (χ0n) is 19.7. The molecule has 1 saturated heterocycles. The smallest absolute Gasteiger partial charge is 0.308 e. The molecule has 0 aliphatic carbocycles. The third-order valence-corrected chi connectivity index (χ3v) is 6.37. The Morgan fingerprint density at radius 3 is 2.03 bits per heavy atom. The molecule has 0 aromatic rings. The molecule has 0 spiro atoms. The summed E-state index contributed by atoms with van der Waals surface area (Å²) in [5.41, 5.74) is 0. The Kier molecular flexibility index (Phi) is 16.4. The van der Waals surface area contributed by atoms with Gasteiger partial charge in [-0.2, -0.15) is 0 Å². The number of hydrogen-bond donors (Lipinski definition) is 2. The second-order valence-electron chi connectivity index (χ2n) is 9.13. The van der Waals surface area contributed by atoms with Crippen LogP contribution in [0.15, 0.2) is 0 Å². The third-order valence-electron chi connectivity index (χ3n) is 6.37. The molecule has 30 heavy (non-hydrogen) atoms. The molecular weight excluding hydrogens is 380 g/mol. The van der Waals surface area contributed by atoms with Crippen LogP contribution in [-0.2, 0) is 14.3 Å². The molecule has 0 unspecified atom stereocenters. The average Bonchev–Trinajstić information content (AvgIpc) is 3.21. The number of ether oxygens (including phenoxy) is 2. The van der Waals surface area contributed by atoms with Crippen LogP contribution in [0.1, 0.15) is 122 Å². The van der Waals surface area contributed by atoms with E-state index in [0.29, 0.717) is 12.8 Å². The molecule has 0 saturated carbocycles. The topological polar surface area (TPSA) is 76.0 Å². The minimum Gasteiger partial charge on any atom is -0.469 e. The fraction of sp³-hybridized carbons (Fsp3) is 0.960. The molecule has 4 atom stereocenters. The summed E-state index contributed by atoms with van der Waals surface area (Å²) < 4.78 is 10.6. The van der Waals surface area contributed by atoms with Crippen LogP contribution in [-0.4, -0.2) is 47.7 Å². The van der Waals surface area contributed by atoms with Crippen LogP contribution in [0.2, 0.25) is 0 Å². The fourth-order valence-corrected chi connectivity index (χ4v) is 4.37. The summed E-state index contributed by atoms with van der Waals surface area (Å²) in [6, 6.07) is 0. The number of carbonyl (C=O) groups excluding carboxylic acids is 1. The van der Waals surface area contributed by atoms with Gasteiger partial charge in [0.15, 0.2) is 0 Å². The number of aliphatic hydroxyl groups is 2. The van der Waals surface area contributed by atoms with Gasteiger partial charge in [0.25, 0.3) is 0 Å². The van der Waals surface area contributed by atoms with E-state index in [4.69, 9.17) is 4.74 Å². The van der Waals surface area contributed by atoms with Crippen LogP contribution < -0.4 is 0 Å². The molecule has 5 nitrogen and oxygen atoms in total. The first-order valence-corrected chi connectivity index (χ1v) is 12.6. The lowest BCUT2D eigenvalue weighted by Crippen LogP contribution is -2.28. The number of methoxy groups -OCH3 is 1. The predicted molar refractivity (Wildman–Crippen MR) is 121 cm³/mol. The van der Waals surface area contributed by atoms with Crippen molar-refractivity contribution < 1.29 is 24.5 Å². The lowest BCUT2D eigenvalue weighted by atomic mass is 10.0. The van der Waals surface area contributed by atoms with Crippen LogP contribution in [0.5, 0.6) is 0 Å². The number of rotatable bonds is 19. The van der Waals surface area contributed by atoms with Crippen LogP contribution >= 0.6 is 0 Å². The molecule has 1 fully saturated rings. The highest BCUT2D eigenvalue weighted by Gasteiger charge is 2.30. The van der Waals surface area contributed by atoms with Gasteiger partial charge in [-0.1, -0.05) is 84.0 Å². The predicted octanol–water partition coefficient (Wildman–Crippen LogP) is 5.69. The molecule has 0 aromatic heterocycles. The molecule has 5 heteroatoms. The Balaban J connectivity index is 1.95. The van der Waals surface area contributed by atoms with Gasteiger partial charge in [-0.25, -0.2) is 0 Å². The largest absolute Gasteiger partial charge is 0.469 e. The quantitative estimate of drug-likeness (QED) is 0.204. The van der Waals surface area contributed by atoms with E-state index >= 15 is 0 Å². The van der Waals surface area contributed by atoms with E-state index in [9.17, 15) is 15.0 Å². The molecule has 0 bridgehead atoms. The molecule has 2 N–H and O–H groups in total. The summed E-state index contributed by atoms with van der Waals surface area (Å²) in [6.07, 6.45) is 19.0. The molecule has 1 aliphatic rings. The van der Waals surface area contributed by atoms with E-state index in [1.165, 1.54) is 84.2 Å². The van der Waals surface area contributed by atoms with Gasteiger partial charge in [0.05, 0.1) is 37.9 Å². The van der Waals surface area contributed by atoms with Crippen molar-refractivity contribution in [3.63, 3.8) is 0 Å². The van der Waals surface area contributed by atoms with Gasteiger partial charge in [-0.05, 0) is 32.1 Å². The standard InChI is InChI=1S/C25H48O5/c1-3-4-5-6-7-8-9-10-11-12-13-14-15-22-17-19-24(30-22)23(27)18-16-21(26)20-25(28)29-2/h21-24,26-27H,3-20H2,1-2H3/t21-,22+,23-,24-/m0/s1. The SMILES string of the molecule is CCCCCCCCCCCCCC[C@@H]1CC[C@@H]([C@@H](O)CC[C@H](O)CC(=O)OC)O1. The van der Waals surface area contributed by atoms with E-state index in [0.717, 1.165) is 19.3 Å². The summed E-state index contributed by atoms with van der Waals surface area (Å²) in [6.45, 7) is 2.27. The molecule has 0 amide bonds. The van der Waals surface area contributed by atoms with Gasteiger partial charge in [-0.15, -0.1) is 0 Å². The highest BCUT2D eigenvalue weighted by atomic mass is 16.5. The summed E-state index contributed by atoms with van der Waals surface area (Å²) in [7, 11) is 1.31.